The van der Waals surface area contributed by atoms with Gasteiger partial charge in [-0.2, -0.15) is 0 Å². The first kappa shape index (κ1) is 18.9. The van der Waals surface area contributed by atoms with Crippen molar-refractivity contribution in [1.82, 2.24) is 24.3 Å². The highest BCUT2D eigenvalue weighted by Gasteiger charge is 2.21. The third-order valence-corrected chi connectivity index (χ3v) is 4.88. The van der Waals surface area contributed by atoms with Gasteiger partial charge in [-0.25, -0.2) is 9.97 Å². The first-order valence-electron chi connectivity index (χ1n) is 9.64. The Morgan fingerprint density at radius 2 is 1.97 bits per heavy atom. The van der Waals surface area contributed by atoms with E-state index in [-0.39, 0.29) is 18.6 Å². The zero-order valence-electron chi connectivity index (χ0n) is 16.2. The minimum atomic E-state index is -0.301. The Balaban J connectivity index is 1.67. The molecule has 0 radical (unpaired) electrons. The molecule has 148 valence electrons. The van der Waals surface area contributed by atoms with Gasteiger partial charge in [-0.05, 0) is 24.1 Å². The Morgan fingerprint density at radius 3 is 2.72 bits per heavy atom. The second-order valence-electron chi connectivity index (χ2n) is 6.92. The van der Waals surface area contributed by atoms with Gasteiger partial charge in [0.05, 0.1) is 24.5 Å². The van der Waals surface area contributed by atoms with E-state index in [1.807, 2.05) is 64.7 Å². The van der Waals surface area contributed by atoms with Crippen LogP contribution in [-0.2, 0) is 6.54 Å². The first-order chi connectivity index (χ1) is 14.2. The van der Waals surface area contributed by atoms with Gasteiger partial charge < -0.3 is 15.0 Å². The molecule has 2 N–H and O–H groups in total. The number of nitrogens with zero attached hydrogens (tertiary/aromatic N) is 4. The fourth-order valence-corrected chi connectivity index (χ4v) is 3.27. The van der Waals surface area contributed by atoms with Gasteiger partial charge in [-0.1, -0.05) is 43.3 Å². The van der Waals surface area contributed by atoms with E-state index in [9.17, 15) is 9.90 Å². The van der Waals surface area contributed by atoms with Crippen molar-refractivity contribution < 1.29 is 9.90 Å². The first-order valence-corrected chi connectivity index (χ1v) is 9.64. The average molecular weight is 389 g/mol. The number of imidazole rings is 2. The minimum absolute atomic E-state index is 0.106. The summed E-state index contributed by atoms with van der Waals surface area (Å²) in [4.78, 5) is 21.9. The summed E-state index contributed by atoms with van der Waals surface area (Å²) in [5, 5.41) is 12.2. The van der Waals surface area contributed by atoms with Crippen LogP contribution < -0.4 is 5.32 Å². The van der Waals surface area contributed by atoms with E-state index < -0.39 is 0 Å². The van der Waals surface area contributed by atoms with E-state index in [4.69, 9.17) is 0 Å². The van der Waals surface area contributed by atoms with Gasteiger partial charge in [0.2, 0.25) is 0 Å². The number of hydrogen-bond acceptors (Lipinski definition) is 4. The molecule has 29 heavy (non-hydrogen) atoms. The number of carbonyl (C=O) groups is 1. The van der Waals surface area contributed by atoms with Gasteiger partial charge in [-0.3, -0.25) is 9.20 Å². The number of pyridine rings is 1. The molecule has 0 aliphatic heterocycles. The fraction of sp³-hybridized carbons (Fsp3) is 0.227. The van der Waals surface area contributed by atoms with Crippen LogP contribution in [0.2, 0.25) is 0 Å². The smallest absolute Gasteiger partial charge is 0.272 e. The summed E-state index contributed by atoms with van der Waals surface area (Å²) >= 11 is 0. The average Bonchev–Trinajstić information content (AvgIpc) is 3.37. The number of nitrogens with one attached hydrogen (secondary N) is 1. The number of aliphatic hydroxyl groups excluding tert-OH is 1. The molecule has 0 spiro atoms. The van der Waals surface area contributed by atoms with Gasteiger partial charge in [-0.15, -0.1) is 0 Å². The van der Waals surface area contributed by atoms with E-state index >= 15 is 0 Å². The quantitative estimate of drug-likeness (QED) is 0.509. The Labute approximate surface area is 168 Å². The third-order valence-electron chi connectivity index (χ3n) is 4.88. The molecule has 3 heterocycles. The van der Waals surface area contributed by atoms with Crippen LogP contribution >= 0.6 is 0 Å². The topological polar surface area (TPSA) is 84.5 Å². The largest absolute Gasteiger partial charge is 0.394 e. The normalized spacial score (nSPS) is 12.2. The van der Waals surface area contributed by atoms with Crippen molar-refractivity contribution in [2.24, 2.45) is 0 Å². The van der Waals surface area contributed by atoms with Crippen LogP contribution in [0.3, 0.4) is 0 Å². The molecule has 4 aromatic rings. The number of carbonyl (C=O) groups excluding carboxylic acids is 1. The molecule has 0 bridgehead atoms. The molecule has 0 aliphatic carbocycles. The van der Waals surface area contributed by atoms with Gasteiger partial charge in [0.1, 0.15) is 5.69 Å². The van der Waals surface area contributed by atoms with Gasteiger partial charge in [0, 0.05) is 18.9 Å². The summed E-state index contributed by atoms with van der Waals surface area (Å²) in [6, 6.07) is 15.5. The number of amides is 1. The predicted molar refractivity (Wildman–Crippen MR) is 111 cm³/mol. The molecule has 7 heteroatoms. The maximum absolute atomic E-state index is 12.8. The van der Waals surface area contributed by atoms with Crippen molar-refractivity contribution in [3.8, 4) is 11.5 Å². The Morgan fingerprint density at radius 1 is 1.17 bits per heavy atom. The maximum atomic E-state index is 12.8. The van der Waals surface area contributed by atoms with Crippen molar-refractivity contribution >= 4 is 11.4 Å². The van der Waals surface area contributed by atoms with Gasteiger partial charge >= 0.3 is 0 Å². The van der Waals surface area contributed by atoms with Crippen molar-refractivity contribution in [2.75, 3.05) is 6.61 Å². The highest BCUT2D eigenvalue weighted by molar-refractivity contribution is 6.00. The number of aliphatic hydroxyl groups is 1. The molecule has 4 rings (SSSR count). The lowest BCUT2D eigenvalue weighted by Crippen LogP contribution is -2.37. The summed E-state index contributed by atoms with van der Waals surface area (Å²) in [6.45, 7) is 2.52. The number of aromatic nitrogens is 4. The highest BCUT2D eigenvalue weighted by atomic mass is 16.3. The number of rotatable bonds is 7. The summed E-state index contributed by atoms with van der Waals surface area (Å²) in [7, 11) is 0. The Kier molecular flexibility index (Phi) is 5.39. The molecule has 7 nitrogen and oxygen atoms in total. The molecule has 1 unspecified atom stereocenters. The SMILES string of the molecule is CCC(CO)NC(=O)c1nc(-c2cn(Cc3ccccc3)cn2)n2ccccc12. The second kappa shape index (κ2) is 8.28. The molecule has 0 saturated carbocycles. The van der Waals surface area contributed by atoms with Crippen LogP contribution in [0.1, 0.15) is 29.4 Å². The summed E-state index contributed by atoms with van der Waals surface area (Å²) in [5.41, 5.74) is 2.89. The predicted octanol–water partition coefficient (Wildman–Crippen LogP) is 2.75. The van der Waals surface area contributed by atoms with Crippen molar-refractivity contribution in [1.29, 1.82) is 0 Å². The van der Waals surface area contributed by atoms with Crippen LogP contribution in [0.25, 0.3) is 17.0 Å². The highest BCUT2D eigenvalue weighted by Crippen LogP contribution is 2.22. The van der Waals surface area contributed by atoms with Crippen LogP contribution in [-0.4, -0.2) is 42.6 Å². The number of benzene rings is 1. The minimum Gasteiger partial charge on any atom is -0.394 e. The Hall–Kier alpha value is -3.45. The lowest BCUT2D eigenvalue weighted by molar-refractivity contribution is 0.0912. The van der Waals surface area contributed by atoms with Crippen LogP contribution in [0.15, 0.2) is 67.3 Å². The molecule has 0 fully saturated rings. The zero-order chi connectivity index (χ0) is 20.2. The van der Waals surface area contributed by atoms with E-state index in [0.717, 1.165) is 0 Å². The summed E-state index contributed by atoms with van der Waals surface area (Å²) < 4.78 is 3.86. The summed E-state index contributed by atoms with van der Waals surface area (Å²) in [6.07, 6.45) is 6.21. The molecular formula is C22H23N5O2. The Bertz CT molecular complexity index is 1110. The number of hydrogen-bond donors (Lipinski definition) is 2. The third kappa shape index (κ3) is 3.90. The van der Waals surface area contributed by atoms with Crippen LogP contribution in [0.5, 0.6) is 0 Å². The van der Waals surface area contributed by atoms with Crippen molar-refractivity contribution in [3.05, 3.63) is 78.5 Å². The summed E-state index contributed by atoms with van der Waals surface area (Å²) in [5.74, 6) is 0.305. The number of fused-ring (bicyclic) bond motifs is 1. The van der Waals surface area contributed by atoms with Crippen LogP contribution in [0, 0.1) is 0 Å². The lowest BCUT2D eigenvalue weighted by Gasteiger charge is -2.12. The van der Waals surface area contributed by atoms with Crippen LogP contribution in [0.4, 0.5) is 0 Å². The van der Waals surface area contributed by atoms with Gasteiger partial charge in [0.15, 0.2) is 11.5 Å². The van der Waals surface area contributed by atoms with Gasteiger partial charge in [0.25, 0.3) is 5.91 Å². The molecule has 3 aromatic heterocycles. The molecule has 0 aliphatic rings. The van der Waals surface area contributed by atoms with Crippen molar-refractivity contribution in [3.63, 3.8) is 0 Å². The van der Waals surface area contributed by atoms with E-state index in [1.165, 1.54) is 5.56 Å². The molecule has 1 amide bonds. The fourth-order valence-electron chi connectivity index (χ4n) is 3.27. The molecule has 1 aromatic carbocycles. The van der Waals surface area contributed by atoms with E-state index in [1.54, 1.807) is 6.33 Å². The van der Waals surface area contributed by atoms with Crippen molar-refractivity contribution in [2.45, 2.75) is 25.9 Å². The maximum Gasteiger partial charge on any atom is 0.272 e. The molecule has 0 saturated heterocycles. The van der Waals surface area contributed by atoms with E-state index in [2.05, 4.69) is 27.4 Å². The molecule has 1 atom stereocenters. The molecular weight excluding hydrogens is 366 g/mol. The second-order valence-corrected chi connectivity index (χ2v) is 6.92. The standard InChI is InChI=1S/C22H23N5O2/c1-2-17(14-28)24-22(29)20-19-10-6-7-11-27(19)21(25-20)18-13-26(15-23-18)12-16-8-4-3-5-9-16/h3-11,13,15,17,28H,2,12,14H2,1H3,(H,24,29). The monoisotopic (exact) mass is 389 g/mol. The van der Waals surface area contributed by atoms with E-state index in [0.29, 0.717) is 35.7 Å². The lowest BCUT2D eigenvalue weighted by atomic mass is 10.2. The zero-order valence-corrected chi connectivity index (χ0v) is 16.2.